The molecule has 7 nitrogen and oxygen atoms in total. The van der Waals surface area contributed by atoms with Crippen molar-refractivity contribution in [2.45, 2.75) is 25.9 Å². The average molecular weight is 421 g/mol. The monoisotopic (exact) mass is 421 g/mol. The van der Waals surface area contributed by atoms with Crippen LogP contribution >= 0.6 is 0 Å². The van der Waals surface area contributed by atoms with Crippen LogP contribution in [0.3, 0.4) is 0 Å². The number of carbonyl (C=O) groups is 2. The lowest BCUT2D eigenvalue weighted by atomic mass is 9.93. The number of hydrogen-bond acceptors (Lipinski definition) is 5. The Morgan fingerprint density at radius 3 is 2.48 bits per heavy atom. The fourth-order valence-electron chi connectivity index (χ4n) is 3.78. The van der Waals surface area contributed by atoms with E-state index in [0.717, 1.165) is 11.1 Å². The number of methoxy groups -OCH3 is 1. The third kappa shape index (κ3) is 3.72. The first-order chi connectivity index (χ1) is 14.9. The van der Waals surface area contributed by atoms with Crippen LogP contribution in [0.1, 0.15) is 27.3 Å². The smallest absolute Gasteiger partial charge is 0.328 e. The first kappa shape index (κ1) is 20.5. The lowest BCUT2D eigenvalue weighted by Gasteiger charge is -2.34. The number of rotatable bonds is 3. The number of aryl methyl sites for hydroxylation is 1. The van der Waals surface area contributed by atoms with Crippen molar-refractivity contribution in [1.82, 2.24) is 14.7 Å². The summed E-state index contributed by atoms with van der Waals surface area (Å²) in [6.45, 7) is 1.73. The summed E-state index contributed by atoms with van der Waals surface area (Å²) in [5.41, 5.74) is 1.31. The maximum absolute atomic E-state index is 14.3. The number of halogens is 1. The van der Waals surface area contributed by atoms with Gasteiger partial charge in [-0.3, -0.25) is 9.59 Å². The summed E-state index contributed by atoms with van der Waals surface area (Å²) in [6, 6.07) is 13.7. The Morgan fingerprint density at radius 2 is 1.77 bits per heavy atom. The van der Waals surface area contributed by atoms with E-state index in [2.05, 4.69) is 5.10 Å². The molecule has 0 aliphatic carbocycles. The van der Waals surface area contributed by atoms with Crippen molar-refractivity contribution in [2.75, 3.05) is 7.11 Å². The number of aromatic nitrogens is 2. The van der Waals surface area contributed by atoms with E-state index in [1.165, 1.54) is 41.0 Å². The molecule has 158 valence electrons. The highest BCUT2D eigenvalue weighted by Gasteiger charge is 2.37. The van der Waals surface area contributed by atoms with Crippen LogP contribution in [0.2, 0.25) is 0 Å². The number of fused-ring (bicyclic) bond motifs is 1. The number of nitrogens with zero attached hydrogens (tertiary/aromatic N) is 3. The van der Waals surface area contributed by atoms with Crippen molar-refractivity contribution in [3.63, 3.8) is 0 Å². The van der Waals surface area contributed by atoms with Gasteiger partial charge in [-0.15, -0.1) is 0 Å². The lowest BCUT2D eigenvalue weighted by Crippen LogP contribution is -2.50. The highest BCUT2D eigenvalue weighted by molar-refractivity contribution is 5.95. The summed E-state index contributed by atoms with van der Waals surface area (Å²) in [5.74, 6) is -1.83. The van der Waals surface area contributed by atoms with Crippen LogP contribution in [0, 0.1) is 12.7 Å². The molecule has 0 saturated carbocycles. The standard InChI is InChI=1S/C23H20FN3O4/c1-14-11-20(28)21(25-27(14)18-10-6-5-9-17(18)24)22(29)26-13-16-8-4-3-7-15(16)12-19(26)23(30)31-2/h3-11,19H,12-13H2,1-2H3. The second-order valence-corrected chi connectivity index (χ2v) is 7.31. The average Bonchev–Trinajstić information content (AvgIpc) is 2.78. The normalized spacial score (nSPS) is 15.3. The van der Waals surface area contributed by atoms with Gasteiger partial charge in [0.05, 0.1) is 7.11 Å². The Kier molecular flexibility index (Phi) is 5.37. The molecule has 1 unspecified atom stereocenters. The van der Waals surface area contributed by atoms with Crippen molar-refractivity contribution in [1.29, 1.82) is 0 Å². The van der Waals surface area contributed by atoms with Gasteiger partial charge in [-0.2, -0.15) is 5.10 Å². The van der Waals surface area contributed by atoms with Crippen LogP contribution in [0.5, 0.6) is 0 Å². The zero-order valence-electron chi connectivity index (χ0n) is 17.0. The molecule has 0 N–H and O–H groups in total. The number of ether oxygens (including phenoxy) is 1. The molecule has 8 heteroatoms. The summed E-state index contributed by atoms with van der Waals surface area (Å²) >= 11 is 0. The van der Waals surface area contributed by atoms with Gasteiger partial charge < -0.3 is 9.64 Å². The molecule has 2 heterocycles. The van der Waals surface area contributed by atoms with Crippen LogP contribution in [0.25, 0.3) is 5.69 Å². The molecule has 4 rings (SSSR count). The van der Waals surface area contributed by atoms with Gasteiger partial charge in [-0.05, 0) is 30.2 Å². The fraction of sp³-hybridized carbons (Fsp3) is 0.217. The first-order valence-corrected chi connectivity index (χ1v) is 9.72. The van der Waals surface area contributed by atoms with Gasteiger partial charge >= 0.3 is 5.97 Å². The topological polar surface area (TPSA) is 81.5 Å². The van der Waals surface area contributed by atoms with Gasteiger partial charge in [0.25, 0.3) is 5.91 Å². The van der Waals surface area contributed by atoms with E-state index >= 15 is 0 Å². The van der Waals surface area contributed by atoms with Gasteiger partial charge in [0.15, 0.2) is 5.69 Å². The van der Waals surface area contributed by atoms with Gasteiger partial charge in [0.2, 0.25) is 5.43 Å². The molecule has 1 aliphatic heterocycles. The van der Waals surface area contributed by atoms with E-state index < -0.39 is 29.2 Å². The van der Waals surface area contributed by atoms with E-state index in [9.17, 15) is 18.8 Å². The van der Waals surface area contributed by atoms with E-state index in [0.29, 0.717) is 5.69 Å². The first-order valence-electron chi connectivity index (χ1n) is 9.72. The Hall–Kier alpha value is -3.81. The molecule has 1 amide bonds. The van der Waals surface area contributed by atoms with E-state index in [1.807, 2.05) is 24.3 Å². The molecule has 0 bridgehead atoms. The number of carbonyl (C=O) groups excluding carboxylic acids is 2. The van der Waals surface area contributed by atoms with Crippen molar-refractivity contribution in [3.05, 3.63) is 93.2 Å². The van der Waals surface area contributed by atoms with Crippen LogP contribution in [-0.2, 0) is 22.5 Å². The number of amides is 1. The van der Waals surface area contributed by atoms with Crippen LogP contribution < -0.4 is 5.43 Å². The maximum atomic E-state index is 14.3. The Bertz CT molecular complexity index is 1240. The minimum atomic E-state index is -0.892. The molecule has 3 aromatic rings. The maximum Gasteiger partial charge on any atom is 0.328 e. The van der Waals surface area contributed by atoms with Crippen molar-refractivity contribution < 1.29 is 18.7 Å². The van der Waals surface area contributed by atoms with E-state index in [4.69, 9.17) is 4.74 Å². The fourth-order valence-corrected chi connectivity index (χ4v) is 3.78. The van der Waals surface area contributed by atoms with Crippen LogP contribution in [0.4, 0.5) is 4.39 Å². The van der Waals surface area contributed by atoms with Crippen LogP contribution in [0.15, 0.2) is 59.4 Å². The van der Waals surface area contributed by atoms with Crippen LogP contribution in [-0.4, -0.2) is 39.7 Å². The van der Waals surface area contributed by atoms with Gasteiger partial charge in [-0.1, -0.05) is 36.4 Å². The Labute approximate surface area is 177 Å². The zero-order chi connectivity index (χ0) is 22.1. The van der Waals surface area contributed by atoms with E-state index in [-0.39, 0.29) is 24.3 Å². The van der Waals surface area contributed by atoms with E-state index in [1.54, 1.807) is 13.0 Å². The van der Waals surface area contributed by atoms with Crippen molar-refractivity contribution >= 4 is 11.9 Å². The Morgan fingerprint density at radius 1 is 1.10 bits per heavy atom. The third-order valence-electron chi connectivity index (χ3n) is 5.37. The summed E-state index contributed by atoms with van der Waals surface area (Å²) in [7, 11) is 1.25. The molecule has 1 atom stereocenters. The zero-order valence-corrected chi connectivity index (χ0v) is 17.0. The Balaban J connectivity index is 1.79. The second kappa shape index (κ2) is 8.14. The summed E-state index contributed by atoms with van der Waals surface area (Å²) in [6.07, 6.45) is 0.266. The quantitative estimate of drug-likeness (QED) is 0.607. The van der Waals surface area contributed by atoms with Gasteiger partial charge in [0.1, 0.15) is 17.5 Å². The number of para-hydroxylation sites is 1. The highest BCUT2D eigenvalue weighted by atomic mass is 19.1. The number of hydrogen-bond donors (Lipinski definition) is 0. The predicted octanol–water partition coefficient (Wildman–Crippen LogP) is 2.42. The molecule has 0 spiro atoms. The summed E-state index contributed by atoms with van der Waals surface area (Å²) < 4.78 is 20.4. The number of esters is 1. The van der Waals surface area contributed by atoms with Gasteiger partial charge in [0, 0.05) is 24.7 Å². The molecule has 31 heavy (non-hydrogen) atoms. The molecule has 1 aliphatic rings. The molecular formula is C23H20FN3O4. The van der Waals surface area contributed by atoms with Crippen molar-refractivity contribution in [2.24, 2.45) is 0 Å². The van der Waals surface area contributed by atoms with Gasteiger partial charge in [-0.25, -0.2) is 13.9 Å². The molecule has 1 aromatic heterocycles. The van der Waals surface area contributed by atoms with Crippen molar-refractivity contribution in [3.8, 4) is 5.69 Å². The molecule has 0 radical (unpaired) electrons. The largest absolute Gasteiger partial charge is 0.467 e. The SMILES string of the molecule is COC(=O)C1Cc2ccccc2CN1C(=O)c1nn(-c2ccccc2F)c(C)cc1=O. The molecule has 2 aromatic carbocycles. The predicted molar refractivity (Wildman–Crippen MR) is 110 cm³/mol. The molecular weight excluding hydrogens is 401 g/mol. The minimum Gasteiger partial charge on any atom is -0.467 e. The third-order valence-corrected chi connectivity index (χ3v) is 5.37. The second-order valence-electron chi connectivity index (χ2n) is 7.31. The highest BCUT2D eigenvalue weighted by Crippen LogP contribution is 2.25. The molecule has 0 saturated heterocycles. The number of benzene rings is 2. The summed E-state index contributed by atoms with van der Waals surface area (Å²) in [5, 5.41) is 4.17. The molecule has 0 fully saturated rings. The minimum absolute atomic E-state index is 0.113. The lowest BCUT2D eigenvalue weighted by molar-refractivity contribution is -0.146. The summed E-state index contributed by atoms with van der Waals surface area (Å²) in [4.78, 5) is 39.8.